The molecule has 0 spiro atoms. The van der Waals surface area contributed by atoms with Crippen LogP contribution < -0.4 is 5.73 Å². The Hall–Kier alpha value is -0.160. The van der Waals surface area contributed by atoms with Gasteiger partial charge in [0.25, 0.3) is 0 Å². The predicted octanol–water partition coefficient (Wildman–Crippen LogP) is 0.360. The maximum Gasteiger partial charge on any atom is 0.0558 e. The number of nitrogens with two attached hydrogens (primary N) is 1. The van der Waals surface area contributed by atoms with Gasteiger partial charge >= 0.3 is 0 Å². The lowest BCUT2D eigenvalue weighted by atomic mass is 9.78. The summed E-state index contributed by atoms with van der Waals surface area (Å²) in [6, 6.07) is 0.704. The van der Waals surface area contributed by atoms with Gasteiger partial charge in [0.15, 0.2) is 0 Å². The molecule has 2 rings (SSSR count). The number of hydrogen-bond donors (Lipinski definition) is 2. The SMILES string of the molecule is CC1CCC(CN)C(N2CCN(CCO)CC2)C1. The molecule has 0 aromatic carbocycles. The van der Waals surface area contributed by atoms with Crippen LogP contribution in [0.1, 0.15) is 26.2 Å². The van der Waals surface area contributed by atoms with E-state index in [2.05, 4.69) is 16.7 Å². The van der Waals surface area contributed by atoms with E-state index in [4.69, 9.17) is 10.8 Å². The Morgan fingerprint density at radius 3 is 2.50 bits per heavy atom. The standard InChI is InChI=1S/C14H29N3O/c1-12-2-3-13(11-15)14(10-12)17-6-4-16(5-7-17)8-9-18/h12-14,18H,2-11,15H2,1H3. The van der Waals surface area contributed by atoms with Crippen LogP contribution in [0, 0.1) is 11.8 Å². The molecule has 2 fully saturated rings. The van der Waals surface area contributed by atoms with Gasteiger partial charge in [0.05, 0.1) is 6.61 Å². The highest BCUT2D eigenvalue weighted by Crippen LogP contribution is 2.32. The van der Waals surface area contributed by atoms with Crippen molar-refractivity contribution in [2.24, 2.45) is 17.6 Å². The molecule has 0 aromatic heterocycles. The summed E-state index contributed by atoms with van der Waals surface area (Å²) in [6.45, 7) is 8.82. The van der Waals surface area contributed by atoms with Crippen LogP contribution in [0.15, 0.2) is 0 Å². The van der Waals surface area contributed by atoms with Crippen molar-refractivity contribution in [2.45, 2.75) is 32.2 Å². The fourth-order valence-corrected chi connectivity index (χ4v) is 3.60. The van der Waals surface area contributed by atoms with Crippen LogP contribution in [0.2, 0.25) is 0 Å². The van der Waals surface area contributed by atoms with Gasteiger partial charge in [-0.3, -0.25) is 9.80 Å². The van der Waals surface area contributed by atoms with Crippen molar-refractivity contribution in [1.29, 1.82) is 0 Å². The average molecular weight is 255 g/mol. The first-order valence-electron chi connectivity index (χ1n) is 7.52. The van der Waals surface area contributed by atoms with Gasteiger partial charge in [-0.2, -0.15) is 0 Å². The molecule has 3 unspecified atom stereocenters. The molecule has 0 amide bonds. The Morgan fingerprint density at radius 1 is 1.17 bits per heavy atom. The lowest BCUT2D eigenvalue weighted by Gasteiger charge is -2.45. The van der Waals surface area contributed by atoms with E-state index in [1.807, 2.05) is 0 Å². The van der Waals surface area contributed by atoms with Gasteiger partial charge in [0.1, 0.15) is 0 Å². The van der Waals surface area contributed by atoms with Crippen molar-refractivity contribution in [1.82, 2.24) is 9.80 Å². The Kier molecular flexibility index (Phi) is 5.42. The maximum atomic E-state index is 8.98. The highest BCUT2D eigenvalue weighted by molar-refractivity contribution is 4.88. The van der Waals surface area contributed by atoms with E-state index in [0.717, 1.165) is 45.2 Å². The number of β-amino-alcohol motifs (C(OH)–C–C–N with tert-alkyl or cyclic N) is 1. The van der Waals surface area contributed by atoms with Crippen molar-refractivity contribution < 1.29 is 5.11 Å². The Morgan fingerprint density at radius 2 is 1.89 bits per heavy atom. The zero-order valence-electron chi connectivity index (χ0n) is 11.7. The zero-order chi connectivity index (χ0) is 13.0. The molecule has 0 aromatic rings. The summed E-state index contributed by atoms with van der Waals surface area (Å²) in [6.07, 6.45) is 3.98. The van der Waals surface area contributed by atoms with Crippen molar-refractivity contribution >= 4 is 0 Å². The lowest BCUT2D eigenvalue weighted by Crippen LogP contribution is -2.55. The third-order valence-corrected chi connectivity index (χ3v) is 4.81. The first-order chi connectivity index (χ1) is 8.74. The van der Waals surface area contributed by atoms with Crippen LogP contribution in [0.3, 0.4) is 0 Å². The smallest absolute Gasteiger partial charge is 0.0558 e. The summed E-state index contributed by atoms with van der Waals surface area (Å²) in [5.74, 6) is 1.55. The number of rotatable bonds is 4. The average Bonchev–Trinajstić information content (AvgIpc) is 2.40. The number of hydrogen-bond acceptors (Lipinski definition) is 4. The Labute approximate surface area is 111 Å². The summed E-state index contributed by atoms with van der Waals surface area (Å²) in [5.41, 5.74) is 5.95. The van der Waals surface area contributed by atoms with Gasteiger partial charge in [-0.15, -0.1) is 0 Å². The molecular weight excluding hydrogens is 226 g/mol. The topological polar surface area (TPSA) is 52.7 Å². The van der Waals surface area contributed by atoms with Gasteiger partial charge in [0.2, 0.25) is 0 Å². The lowest BCUT2D eigenvalue weighted by molar-refractivity contribution is 0.0351. The van der Waals surface area contributed by atoms with Gasteiger partial charge in [0, 0.05) is 38.8 Å². The number of piperazine rings is 1. The predicted molar refractivity (Wildman–Crippen MR) is 74.4 cm³/mol. The second-order valence-electron chi connectivity index (χ2n) is 6.08. The number of aliphatic hydroxyl groups excluding tert-OH is 1. The minimum Gasteiger partial charge on any atom is -0.395 e. The van der Waals surface area contributed by atoms with Crippen molar-refractivity contribution in [3.63, 3.8) is 0 Å². The van der Waals surface area contributed by atoms with Crippen LogP contribution in [-0.4, -0.2) is 66.8 Å². The second-order valence-corrected chi connectivity index (χ2v) is 6.08. The highest BCUT2D eigenvalue weighted by atomic mass is 16.3. The van der Waals surface area contributed by atoms with Crippen molar-refractivity contribution in [3.05, 3.63) is 0 Å². The molecule has 106 valence electrons. The first-order valence-corrected chi connectivity index (χ1v) is 7.52. The summed E-state index contributed by atoms with van der Waals surface area (Å²) in [5, 5.41) is 8.98. The number of nitrogens with zero attached hydrogens (tertiary/aromatic N) is 2. The molecule has 18 heavy (non-hydrogen) atoms. The molecule has 3 atom stereocenters. The summed E-state index contributed by atoms with van der Waals surface area (Å²) in [4.78, 5) is 5.02. The zero-order valence-corrected chi connectivity index (χ0v) is 11.7. The fourth-order valence-electron chi connectivity index (χ4n) is 3.60. The largest absolute Gasteiger partial charge is 0.395 e. The van der Waals surface area contributed by atoms with Crippen LogP contribution in [0.4, 0.5) is 0 Å². The summed E-state index contributed by atoms with van der Waals surface area (Å²) >= 11 is 0. The molecule has 1 saturated carbocycles. The van der Waals surface area contributed by atoms with E-state index in [1.165, 1.54) is 19.3 Å². The molecule has 3 N–H and O–H groups in total. The van der Waals surface area contributed by atoms with Crippen molar-refractivity contribution in [2.75, 3.05) is 45.9 Å². The van der Waals surface area contributed by atoms with E-state index in [0.29, 0.717) is 12.0 Å². The molecule has 1 aliphatic carbocycles. The minimum absolute atomic E-state index is 0.284. The first kappa shape index (κ1) is 14.3. The molecule has 1 heterocycles. The second kappa shape index (κ2) is 6.85. The molecule has 4 heteroatoms. The minimum atomic E-state index is 0.284. The van der Waals surface area contributed by atoms with Crippen LogP contribution in [-0.2, 0) is 0 Å². The molecule has 4 nitrogen and oxygen atoms in total. The third kappa shape index (κ3) is 3.44. The Bertz CT molecular complexity index is 241. The number of aliphatic hydroxyl groups is 1. The molecule has 0 bridgehead atoms. The quantitative estimate of drug-likeness (QED) is 0.761. The molecule has 0 radical (unpaired) electrons. The van der Waals surface area contributed by atoms with E-state index in [-0.39, 0.29) is 6.61 Å². The normalized spacial score (nSPS) is 35.8. The van der Waals surface area contributed by atoms with Gasteiger partial charge in [-0.05, 0) is 31.2 Å². The van der Waals surface area contributed by atoms with Crippen LogP contribution >= 0.6 is 0 Å². The monoisotopic (exact) mass is 255 g/mol. The van der Waals surface area contributed by atoms with E-state index < -0.39 is 0 Å². The summed E-state index contributed by atoms with van der Waals surface area (Å²) in [7, 11) is 0. The summed E-state index contributed by atoms with van der Waals surface area (Å²) < 4.78 is 0. The molecular formula is C14H29N3O. The van der Waals surface area contributed by atoms with Crippen LogP contribution in [0.5, 0.6) is 0 Å². The molecule has 2 aliphatic rings. The van der Waals surface area contributed by atoms with E-state index in [1.54, 1.807) is 0 Å². The Balaban J connectivity index is 1.86. The van der Waals surface area contributed by atoms with Gasteiger partial charge in [-0.1, -0.05) is 13.3 Å². The molecule has 1 saturated heterocycles. The fraction of sp³-hybridized carbons (Fsp3) is 1.00. The highest BCUT2D eigenvalue weighted by Gasteiger charge is 2.33. The van der Waals surface area contributed by atoms with Crippen LogP contribution in [0.25, 0.3) is 0 Å². The van der Waals surface area contributed by atoms with Gasteiger partial charge < -0.3 is 10.8 Å². The van der Waals surface area contributed by atoms with E-state index >= 15 is 0 Å². The van der Waals surface area contributed by atoms with Crippen molar-refractivity contribution in [3.8, 4) is 0 Å². The van der Waals surface area contributed by atoms with E-state index in [9.17, 15) is 0 Å². The third-order valence-electron chi connectivity index (χ3n) is 4.81. The maximum absolute atomic E-state index is 8.98. The van der Waals surface area contributed by atoms with Gasteiger partial charge in [-0.25, -0.2) is 0 Å². The molecule has 1 aliphatic heterocycles.